The van der Waals surface area contributed by atoms with Crippen molar-refractivity contribution in [1.82, 2.24) is 14.9 Å². The molecule has 1 amide bonds. The van der Waals surface area contributed by atoms with Gasteiger partial charge in [-0.3, -0.25) is 4.79 Å². The molecule has 184 valence electrons. The maximum Gasteiger partial charge on any atom is 0.267 e. The van der Waals surface area contributed by atoms with E-state index in [1.165, 1.54) is 6.21 Å². The first-order valence-electron chi connectivity index (χ1n) is 12.3. The van der Waals surface area contributed by atoms with E-state index in [0.29, 0.717) is 34.6 Å². The minimum Gasteiger partial charge on any atom is -0.370 e. The fraction of sp³-hybridized carbons (Fsp3) is 0.500. The maximum absolute atomic E-state index is 12.6. The highest BCUT2D eigenvalue weighted by Gasteiger charge is 2.27. The quantitative estimate of drug-likeness (QED) is 0.322. The number of anilines is 3. The first kappa shape index (κ1) is 25.3. The first-order valence-corrected chi connectivity index (χ1v) is 12.3. The molecule has 1 fully saturated rings. The molecular weight excluding hydrogens is 426 g/mol. The van der Waals surface area contributed by atoms with Crippen LogP contribution in [0.5, 0.6) is 0 Å². The number of carbonyl (C=O) groups excluding carboxylic acids is 1. The average molecular weight is 466 g/mol. The van der Waals surface area contributed by atoms with E-state index < -0.39 is 0 Å². The molecule has 1 aliphatic rings. The van der Waals surface area contributed by atoms with Crippen molar-refractivity contribution >= 4 is 29.4 Å². The number of carbonyl (C=O) groups is 1. The summed E-state index contributed by atoms with van der Waals surface area (Å²) >= 11 is 0. The zero-order valence-corrected chi connectivity index (χ0v) is 20.9. The summed E-state index contributed by atoms with van der Waals surface area (Å²) in [5, 5.41) is 17.2. The number of aromatic nitrogens is 2. The van der Waals surface area contributed by atoms with Gasteiger partial charge in [-0.1, -0.05) is 40.2 Å². The van der Waals surface area contributed by atoms with Gasteiger partial charge < -0.3 is 30.8 Å². The number of rotatable bonds is 12. The Morgan fingerprint density at radius 1 is 1.32 bits per heavy atom. The van der Waals surface area contributed by atoms with Crippen LogP contribution in [0.25, 0.3) is 0 Å². The van der Waals surface area contributed by atoms with Gasteiger partial charge in [0, 0.05) is 38.0 Å². The van der Waals surface area contributed by atoms with Gasteiger partial charge in [0.15, 0.2) is 0 Å². The maximum atomic E-state index is 12.6. The number of hydrogen-bond donors (Lipinski definition) is 4. The van der Waals surface area contributed by atoms with Crippen molar-refractivity contribution < 1.29 is 4.79 Å². The number of amides is 1. The second-order valence-corrected chi connectivity index (χ2v) is 9.34. The van der Waals surface area contributed by atoms with E-state index in [9.17, 15) is 4.79 Å². The summed E-state index contributed by atoms with van der Waals surface area (Å²) in [5.74, 6) is 2.35. The molecule has 0 aliphatic heterocycles. The van der Waals surface area contributed by atoms with Crippen molar-refractivity contribution in [3.8, 4) is 0 Å². The van der Waals surface area contributed by atoms with E-state index in [4.69, 9.17) is 5.41 Å². The average Bonchev–Trinajstić information content (AvgIpc) is 3.46. The third-order valence-corrected chi connectivity index (χ3v) is 6.11. The second kappa shape index (κ2) is 11.7. The van der Waals surface area contributed by atoms with E-state index in [1.807, 2.05) is 16.8 Å². The number of nitrogens with zero attached hydrogens (tertiary/aromatic N) is 3. The Balaban J connectivity index is 1.78. The molecule has 0 atom stereocenters. The molecule has 0 saturated heterocycles. The molecule has 2 heterocycles. The van der Waals surface area contributed by atoms with Gasteiger partial charge in [-0.15, -0.1) is 0 Å². The number of pyridine rings is 1. The summed E-state index contributed by atoms with van der Waals surface area (Å²) in [6.07, 6.45) is 8.55. The monoisotopic (exact) mass is 465 g/mol. The van der Waals surface area contributed by atoms with E-state index >= 15 is 0 Å². The molecule has 0 radical (unpaired) electrons. The van der Waals surface area contributed by atoms with Crippen LogP contribution in [-0.2, 0) is 0 Å². The topological polar surface area (TPSA) is 98.1 Å². The lowest BCUT2D eigenvalue weighted by Crippen LogP contribution is -2.28. The fourth-order valence-corrected chi connectivity index (χ4v) is 4.64. The smallest absolute Gasteiger partial charge is 0.267 e. The molecule has 0 aromatic carbocycles. The summed E-state index contributed by atoms with van der Waals surface area (Å²) in [7, 11) is 1.63. The largest absolute Gasteiger partial charge is 0.370 e. The molecule has 2 aromatic rings. The van der Waals surface area contributed by atoms with Crippen LogP contribution in [0, 0.1) is 11.3 Å². The molecule has 8 nitrogen and oxygen atoms in total. The van der Waals surface area contributed by atoms with Gasteiger partial charge in [0.2, 0.25) is 0 Å². The van der Waals surface area contributed by atoms with Crippen molar-refractivity contribution in [3.05, 3.63) is 48.1 Å². The molecule has 0 bridgehead atoms. The summed E-state index contributed by atoms with van der Waals surface area (Å²) in [6.45, 7) is 12.8. The molecule has 4 N–H and O–H groups in total. The Hall–Kier alpha value is -3.29. The third-order valence-electron chi connectivity index (χ3n) is 6.11. The van der Waals surface area contributed by atoms with Crippen molar-refractivity contribution in [3.63, 3.8) is 0 Å². The van der Waals surface area contributed by atoms with Crippen molar-refractivity contribution in [2.24, 2.45) is 5.92 Å². The van der Waals surface area contributed by atoms with Gasteiger partial charge in [-0.2, -0.15) is 0 Å². The third kappa shape index (κ3) is 5.98. The normalized spacial score (nSPS) is 13.7. The molecular formula is C26H39N7O. The van der Waals surface area contributed by atoms with Crippen LogP contribution in [0.2, 0.25) is 0 Å². The highest BCUT2D eigenvalue weighted by molar-refractivity contribution is 5.98. The van der Waals surface area contributed by atoms with Gasteiger partial charge in [-0.25, -0.2) is 4.98 Å². The Labute approximate surface area is 203 Å². The van der Waals surface area contributed by atoms with Crippen molar-refractivity contribution in [2.45, 2.75) is 58.9 Å². The molecule has 8 heteroatoms. The fourth-order valence-electron chi connectivity index (χ4n) is 4.64. The standard InChI is InChI=1S/C26H39N7O/c1-6-13-32(17-18(2)3)22-11-12-24(29-16-22)30-19(4)31-25-20(15-27)14-23(26(34)28-5)33(25)21-9-7-8-10-21/h11-12,14-16,18,21,27,31H,4,6-10,13,17H2,1-3,5H3,(H,28,34)(H,29,30). The van der Waals surface area contributed by atoms with Crippen LogP contribution >= 0.6 is 0 Å². The highest BCUT2D eigenvalue weighted by atomic mass is 16.1. The lowest BCUT2D eigenvalue weighted by atomic mass is 10.2. The van der Waals surface area contributed by atoms with Gasteiger partial charge in [0.25, 0.3) is 5.91 Å². The van der Waals surface area contributed by atoms with Crippen molar-refractivity contribution in [2.75, 3.05) is 35.7 Å². The zero-order valence-electron chi connectivity index (χ0n) is 20.9. The van der Waals surface area contributed by atoms with Gasteiger partial charge in [-0.05, 0) is 43.4 Å². The van der Waals surface area contributed by atoms with Crippen LogP contribution in [0.3, 0.4) is 0 Å². The number of nitrogens with one attached hydrogen (secondary N) is 4. The lowest BCUT2D eigenvalue weighted by Gasteiger charge is -2.26. The predicted octanol–water partition coefficient (Wildman–Crippen LogP) is 5.22. The minimum atomic E-state index is -0.156. The Bertz CT molecular complexity index is 987. The lowest BCUT2D eigenvalue weighted by molar-refractivity contribution is 0.0952. The zero-order chi connectivity index (χ0) is 24.7. The van der Waals surface area contributed by atoms with E-state index in [-0.39, 0.29) is 11.9 Å². The van der Waals surface area contributed by atoms with Crippen LogP contribution in [0.1, 0.15) is 75.0 Å². The summed E-state index contributed by atoms with van der Waals surface area (Å²) < 4.78 is 2.03. The van der Waals surface area contributed by atoms with Crippen molar-refractivity contribution in [1.29, 1.82) is 5.41 Å². The minimum absolute atomic E-state index is 0.156. The Kier molecular flexibility index (Phi) is 8.73. The van der Waals surface area contributed by atoms with E-state index in [2.05, 4.69) is 59.3 Å². The van der Waals surface area contributed by atoms with Crippen LogP contribution in [-0.4, -0.2) is 41.8 Å². The predicted molar refractivity (Wildman–Crippen MR) is 141 cm³/mol. The molecule has 1 saturated carbocycles. The molecule has 34 heavy (non-hydrogen) atoms. The second-order valence-electron chi connectivity index (χ2n) is 9.34. The van der Waals surface area contributed by atoms with Gasteiger partial charge in [0.1, 0.15) is 23.2 Å². The number of hydrogen-bond acceptors (Lipinski definition) is 6. The molecule has 0 unspecified atom stereocenters. The molecule has 0 spiro atoms. The van der Waals surface area contributed by atoms with Crippen LogP contribution < -0.4 is 20.9 Å². The molecule has 1 aliphatic carbocycles. The summed E-state index contributed by atoms with van der Waals surface area (Å²) in [6, 6.07) is 6.02. The Morgan fingerprint density at radius 3 is 2.62 bits per heavy atom. The van der Waals surface area contributed by atoms with E-state index in [1.54, 1.807) is 13.1 Å². The summed E-state index contributed by atoms with van der Waals surface area (Å²) in [5.41, 5.74) is 2.32. The Morgan fingerprint density at radius 2 is 2.06 bits per heavy atom. The van der Waals surface area contributed by atoms with E-state index in [0.717, 1.165) is 50.9 Å². The first-order chi connectivity index (χ1) is 16.4. The molecule has 2 aromatic heterocycles. The summed E-state index contributed by atoms with van der Waals surface area (Å²) in [4.78, 5) is 19.5. The van der Waals surface area contributed by atoms with Crippen LogP contribution in [0.4, 0.5) is 17.3 Å². The van der Waals surface area contributed by atoms with Crippen LogP contribution in [0.15, 0.2) is 36.8 Å². The SMILES string of the molecule is C=C(Nc1ccc(N(CCC)CC(C)C)cn1)Nc1c(C=N)cc(C(=O)NC)n1C1CCCC1. The molecule has 3 rings (SSSR count). The van der Waals surface area contributed by atoms with Gasteiger partial charge in [0.05, 0.1) is 11.9 Å². The highest BCUT2D eigenvalue weighted by Crippen LogP contribution is 2.36. The van der Waals surface area contributed by atoms with Gasteiger partial charge >= 0.3 is 0 Å².